The molecule has 0 radical (unpaired) electrons. The van der Waals surface area contributed by atoms with Gasteiger partial charge >= 0.3 is 16.5 Å². The van der Waals surface area contributed by atoms with E-state index in [0.717, 1.165) is 105 Å². The first-order chi connectivity index (χ1) is 56.8. The fourth-order valence-corrected chi connectivity index (χ4v) is 16.3. The number of unbranched alkanes of at least 4 members (excludes halogenated alkanes) is 51. The van der Waals surface area contributed by atoms with Gasteiger partial charge in [0.05, 0.1) is 34.7 Å². The van der Waals surface area contributed by atoms with Crippen LogP contribution in [0.2, 0.25) is 0 Å². The first kappa shape index (κ1) is 109. The molecule has 0 aliphatic carbocycles. The summed E-state index contributed by atoms with van der Waals surface area (Å²) in [7, 11) is 0. The maximum Gasteiger partial charge on any atom is 2.00 e. The van der Waals surface area contributed by atoms with Gasteiger partial charge in [-0.1, -0.05) is 431 Å². The Balaban J connectivity index is 0.00000149. The van der Waals surface area contributed by atoms with Crippen molar-refractivity contribution in [3.05, 3.63) is 129 Å². The summed E-state index contributed by atoms with van der Waals surface area (Å²) in [6.45, 7) is 17.0. The Morgan fingerprint density at radius 1 is 0.299 bits per heavy atom. The summed E-state index contributed by atoms with van der Waals surface area (Å²) in [5.41, 5.74) is 9.44. The molecule has 4 aromatic carbocycles. The van der Waals surface area contributed by atoms with E-state index in [1.807, 2.05) is 13.8 Å². The molecule has 0 unspecified atom stereocenters. The van der Waals surface area contributed by atoms with Crippen molar-refractivity contribution in [3.8, 4) is 23.0 Å². The third-order valence-corrected chi connectivity index (χ3v) is 23.5. The quantitative estimate of drug-likeness (QED) is 0.0111. The largest absolute Gasteiger partial charge is 2.00 e. The van der Waals surface area contributed by atoms with Gasteiger partial charge in [0, 0.05) is 11.1 Å². The number of aromatic hydroxyl groups is 4. The first-order valence-corrected chi connectivity index (χ1v) is 48.9. The van der Waals surface area contributed by atoms with Gasteiger partial charge in [-0.3, -0.25) is 9.98 Å². The third kappa shape index (κ3) is 54.4. The minimum absolute atomic E-state index is 0. The Morgan fingerprint density at radius 2 is 0.547 bits per heavy atom. The van der Waals surface area contributed by atoms with Crippen molar-refractivity contribution in [1.82, 2.24) is 0 Å². The second-order valence-corrected chi connectivity index (χ2v) is 33.7. The number of carboxylic acid groups (broad SMARTS) is 2. The average Bonchev–Trinajstić information content (AvgIpc) is 0.806. The van der Waals surface area contributed by atoms with Crippen LogP contribution in [0.1, 0.15) is 495 Å². The maximum absolute atomic E-state index is 11.1. The topological polar surface area (TPSA) is 186 Å². The van der Waals surface area contributed by atoms with E-state index in [2.05, 4.69) is 114 Å². The smallest absolute Gasteiger partial charge is 0.545 e. The summed E-state index contributed by atoms with van der Waals surface area (Å²) in [4.78, 5) is 33.0. The Morgan fingerprint density at radius 3 is 0.821 bits per heavy atom. The number of aromatic carboxylic acids is 2. The molecule has 0 amide bonds. The fraction of sp³-hybridized carbons (Fsp3) is 0.698. The van der Waals surface area contributed by atoms with Crippen molar-refractivity contribution in [3.63, 3.8) is 0 Å². The van der Waals surface area contributed by atoms with Crippen LogP contribution in [-0.2, 0) is 55.0 Å². The molecule has 0 fully saturated rings. The van der Waals surface area contributed by atoms with Crippen LogP contribution in [0.3, 0.4) is 0 Å². The molecular formula is C106H174N2NiO8. The number of hydrogen-bond donors (Lipinski definition) is 4. The Kier molecular flexibility index (Phi) is 72.6. The van der Waals surface area contributed by atoms with E-state index in [4.69, 9.17) is 9.98 Å². The normalized spacial score (nSPS) is 11.7. The summed E-state index contributed by atoms with van der Waals surface area (Å²) >= 11 is 0. The molecular weight excluding hydrogens is 1490 g/mol. The van der Waals surface area contributed by atoms with Crippen LogP contribution in [0, 0.1) is 0 Å². The standard InChI is InChI=1S/C78H136N2.2C14H20O4.Ni/c1-5-9-12-15-17-19-21-23-25-27-29-31-33-35-37-39-41-43-45-47-49-51-53-55-57-59-66-73-68-62-64-70-76(73)79-75(8-4)78(72-61-14-11-7-3)80-77-71-65-63-69-74(77)67-60-58-56-54-52-50-48-46-44-42-40-38-36-34-32-30-28-26-24-22-20-18-16-13-10-6-2;2*1-3-5-6-7-9-8-11(15)13(16)12(14(17)18)10(9)4-2;/h55-58,62-65,68-71H,5-54,59-61,66-67,72H2,1-4H3;2*8,15-16H,3-7H2,1-2H3,(H,17,18);/q;;;+2/p-2. The molecule has 0 heterocycles. The zero-order chi connectivity index (χ0) is 84.4. The molecule has 0 atom stereocenters. The summed E-state index contributed by atoms with van der Waals surface area (Å²) in [6, 6.07) is 20.7. The first-order valence-electron chi connectivity index (χ1n) is 48.9. The summed E-state index contributed by atoms with van der Waals surface area (Å²) < 4.78 is 0. The number of carbonyl (C=O) groups is 2. The van der Waals surface area contributed by atoms with E-state index in [9.17, 15) is 40.2 Å². The summed E-state index contributed by atoms with van der Waals surface area (Å²) in [5, 5.41) is 60.4. The van der Waals surface area contributed by atoms with Gasteiger partial charge in [0.25, 0.3) is 0 Å². The van der Waals surface area contributed by atoms with Crippen LogP contribution < -0.4 is 10.2 Å². The van der Waals surface area contributed by atoms with Gasteiger partial charge in [-0.25, -0.2) is 0 Å². The summed E-state index contributed by atoms with van der Waals surface area (Å²) in [6.07, 6.45) is 95.2. The van der Waals surface area contributed by atoms with Crippen LogP contribution in [0.5, 0.6) is 23.0 Å². The SMILES string of the molecule is CCCCCCCCCCCCCCCCCCCCCCCCC=CCCc1ccccc1N=C(CC)C(CCCCCC)=Nc1ccccc1CCC=CCCCCCCCCCCCCCCCCCCCCCCCC.CCCCCc1cc(O)c(O)c(C(=O)[O-])c1CC.CCCCCc1cc(O)c(O)c(C(=O)[O-])c1CC.[Ni+2]. The van der Waals surface area contributed by atoms with Crippen molar-refractivity contribution in [2.45, 2.75) is 479 Å². The van der Waals surface area contributed by atoms with Crippen molar-refractivity contribution in [2.24, 2.45) is 9.98 Å². The zero-order valence-electron chi connectivity index (χ0n) is 76.4. The number of rotatable bonds is 73. The molecule has 0 aliphatic heterocycles. The molecule has 11 heteroatoms. The van der Waals surface area contributed by atoms with Gasteiger partial charge < -0.3 is 40.2 Å². The predicted molar refractivity (Wildman–Crippen MR) is 498 cm³/mol. The molecule has 0 saturated carbocycles. The van der Waals surface area contributed by atoms with Crippen LogP contribution in [0.15, 0.2) is 95.0 Å². The number of para-hydroxylation sites is 2. The molecule has 0 saturated heterocycles. The number of carboxylic acids is 2. The second kappa shape index (κ2) is 77.6. The molecule has 0 aromatic heterocycles. The number of aliphatic imine (C=N–C) groups is 2. The molecule has 0 bridgehead atoms. The number of phenolic OH excluding ortho intramolecular Hbond substituents is 2. The van der Waals surface area contributed by atoms with Gasteiger partial charge in [0.1, 0.15) is 0 Å². The van der Waals surface area contributed by atoms with Crippen LogP contribution >= 0.6 is 0 Å². The zero-order valence-corrected chi connectivity index (χ0v) is 77.4. The van der Waals surface area contributed by atoms with E-state index in [0.29, 0.717) is 36.8 Å². The minimum atomic E-state index is -1.45. The molecule has 4 rings (SSSR count). The fourth-order valence-electron chi connectivity index (χ4n) is 16.3. The van der Waals surface area contributed by atoms with Crippen LogP contribution in [0.4, 0.5) is 11.4 Å². The Bertz CT molecular complexity index is 3100. The number of benzene rings is 4. The molecule has 0 aliphatic rings. The molecule has 0 spiro atoms. The van der Waals surface area contributed by atoms with Gasteiger partial charge in [-0.15, -0.1) is 0 Å². The Hall–Kier alpha value is -5.67. The molecule has 117 heavy (non-hydrogen) atoms. The van der Waals surface area contributed by atoms with Crippen LogP contribution in [0.25, 0.3) is 0 Å². The third-order valence-electron chi connectivity index (χ3n) is 23.5. The molecule has 4 aromatic rings. The van der Waals surface area contributed by atoms with Crippen molar-refractivity contribution in [2.75, 3.05) is 0 Å². The number of hydrogen-bond acceptors (Lipinski definition) is 10. The van der Waals surface area contributed by atoms with Gasteiger partial charge in [0.2, 0.25) is 0 Å². The average molecular weight is 1660 g/mol. The van der Waals surface area contributed by atoms with E-state index in [1.165, 1.54) is 350 Å². The van der Waals surface area contributed by atoms with E-state index in [-0.39, 0.29) is 27.6 Å². The van der Waals surface area contributed by atoms with Gasteiger partial charge in [0.15, 0.2) is 23.0 Å². The second-order valence-electron chi connectivity index (χ2n) is 33.7. The molecule has 10 nitrogen and oxygen atoms in total. The summed E-state index contributed by atoms with van der Waals surface area (Å²) in [5.74, 6) is -4.86. The van der Waals surface area contributed by atoms with Gasteiger partial charge in [-0.2, -0.15) is 0 Å². The monoisotopic (exact) mass is 1660 g/mol. The Labute approximate surface area is 728 Å². The van der Waals surface area contributed by atoms with Gasteiger partial charge in [-0.05, 0) is 167 Å². The van der Waals surface area contributed by atoms with Crippen molar-refractivity contribution < 1.29 is 56.7 Å². The van der Waals surface area contributed by atoms with Crippen LogP contribution in [-0.4, -0.2) is 43.8 Å². The maximum atomic E-state index is 11.1. The van der Waals surface area contributed by atoms with E-state index < -0.39 is 34.9 Å². The number of aryl methyl sites for hydroxylation is 4. The van der Waals surface area contributed by atoms with E-state index in [1.54, 1.807) is 0 Å². The number of phenols is 4. The number of nitrogens with zero attached hydrogens (tertiary/aromatic N) is 2. The van der Waals surface area contributed by atoms with Crippen molar-refractivity contribution >= 4 is 34.7 Å². The number of carbonyl (C=O) groups excluding carboxylic acids is 2. The predicted octanol–water partition coefficient (Wildman–Crippen LogP) is 31.4. The van der Waals surface area contributed by atoms with E-state index >= 15 is 0 Å². The molecule has 4 N–H and O–H groups in total. The van der Waals surface area contributed by atoms with Crippen molar-refractivity contribution in [1.29, 1.82) is 0 Å². The minimum Gasteiger partial charge on any atom is -0.545 e. The molecule has 666 valence electrons. The number of allylic oxidation sites excluding steroid dienone is 4.